The normalized spacial score (nSPS) is 20.8. The zero-order chi connectivity index (χ0) is 16.2. The fourth-order valence-electron chi connectivity index (χ4n) is 3.11. The molecule has 4 nitrogen and oxygen atoms in total. The van der Waals surface area contributed by atoms with Crippen LogP contribution in [0.2, 0.25) is 0 Å². The highest BCUT2D eigenvalue weighted by Gasteiger charge is 2.38. The van der Waals surface area contributed by atoms with E-state index in [1.165, 1.54) is 0 Å². The van der Waals surface area contributed by atoms with Crippen molar-refractivity contribution in [2.75, 3.05) is 11.5 Å². The number of hydrogen-bond acceptors (Lipinski definition) is 4. The zero-order valence-electron chi connectivity index (χ0n) is 13.5. The van der Waals surface area contributed by atoms with Gasteiger partial charge in [0.1, 0.15) is 0 Å². The van der Waals surface area contributed by atoms with Gasteiger partial charge in [-0.05, 0) is 46.9 Å². The molecule has 0 radical (unpaired) electrons. The second-order valence-electron chi connectivity index (χ2n) is 6.24. The van der Waals surface area contributed by atoms with Gasteiger partial charge in [-0.15, -0.1) is 0 Å². The Bertz CT molecular complexity index is 628. The third-order valence-electron chi connectivity index (χ3n) is 4.25. The number of carbonyl (C=O) groups is 1. The number of anilines is 1. The molecule has 0 N–H and O–H groups in total. The third-order valence-corrected chi connectivity index (χ3v) is 4.99. The minimum Gasteiger partial charge on any atom is -0.377 e. The molecule has 122 valence electrons. The predicted molar refractivity (Wildman–Crippen MR) is 92.4 cm³/mol. The zero-order valence-corrected chi connectivity index (χ0v) is 14.3. The first-order valence-corrected chi connectivity index (χ1v) is 8.95. The van der Waals surface area contributed by atoms with Gasteiger partial charge in [-0.2, -0.15) is 11.3 Å². The van der Waals surface area contributed by atoms with Crippen molar-refractivity contribution in [3.8, 4) is 0 Å². The molecule has 1 saturated heterocycles. The van der Waals surface area contributed by atoms with E-state index in [2.05, 4.69) is 30.3 Å². The quantitative estimate of drug-likeness (QED) is 0.839. The Morgan fingerprint density at radius 1 is 1.48 bits per heavy atom. The molecule has 0 spiro atoms. The van der Waals surface area contributed by atoms with Crippen LogP contribution in [0.4, 0.5) is 5.69 Å². The number of aromatic nitrogens is 1. The van der Waals surface area contributed by atoms with Gasteiger partial charge in [0.05, 0.1) is 30.5 Å². The van der Waals surface area contributed by atoms with Gasteiger partial charge in [-0.25, -0.2) is 0 Å². The second-order valence-corrected chi connectivity index (χ2v) is 7.02. The lowest BCUT2D eigenvalue weighted by atomic mass is 9.91. The van der Waals surface area contributed by atoms with E-state index in [-0.39, 0.29) is 17.9 Å². The molecule has 3 rings (SSSR count). The molecule has 0 bridgehead atoms. The van der Waals surface area contributed by atoms with Crippen LogP contribution in [-0.4, -0.2) is 23.6 Å². The van der Waals surface area contributed by atoms with Crippen LogP contribution in [-0.2, 0) is 16.1 Å². The van der Waals surface area contributed by atoms with Crippen molar-refractivity contribution >= 4 is 22.9 Å². The fraction of sp³-hybridized carbons (Fsp3) is 0.444. The van der Waals surface area contributed by atoms with Gasteiger partial charge in [0.25, 0.3) is 0 Å². The standard InChI is InChI=1S/C18H22N2O2S/c1-13(2)17-16(5-8-22-17)18(21)20(11-14-6-9-23-12-14)15-4-3-7-19-10-15/h3-4,6-7,9-10,12-13,16-17H,5,8,11H2,1-2H3/t16-,17+/m1/s1. The molecule has 1 fully saturated rings. The molecule has 0 saturated carbocycles. The Kier molecular flexibility index (Phi) is 5.08. The SMILES string of the molecule is CC(C)[C@@H]1OCC[C@H]1C(=O)N(Cc1ccsc1)c1cccnc1. The molecular weight excluding hydrogens is 308 g/mol. The van der Waals surface area contributed by atoms with Crippen LogP contribution in [0.1, 0.15) is 25.8 Å². The van der Waals surface area contributed by atoms with Gasteiger partial charge < -0.3 is 9.64 Å². The van der Waals surface area contributed by atoms with Crippen molar-refractivity contribution in [2.24, 2.45) is 11.8 Å². The van der Waals surface area contributed by atoms with E-state index in [4.69, 9.17) is 4.74 Å². The number of thiophene rings is 1. The molecular formula is C18H22N2O2S. The van der Waals surface area contributed by atoms with Gasteiger partial charge in [0.15, 0.2) is 0 Å². The average molecular weight is 330 g/mol. The Morgan fingerprint density at radius 3 is 3.00 bits per heavy atom. The number of rotatable bonds is 5. The maximum Gasteiger partial charge on any atom is 0.233 e. The molecule has 0 aliphatic carbocycles. The van der Waals surface area contributed by atoms with Crippen molar-refractivity contribution < 1.29 is 9.53 Å². The van der Waals surface area contributed by atoms with Crippen molar-refractivity contribution in [1.82, 2.24) is 4.98 Å². The fourth-order valence-corrected chi connectivity index (χ4v) is 3.77. The lowest BCUT2D eigenvalue weighted by Gasteiger charge is -2.28. The van der Waals surface area contributed by atoms with Crippen LogP contribution >= 0.6 is 11.3 Å². The monoisotopic (exact) mass is 330 g/mol. The molecule has 23 heavy (non-hydrogen) atoms. The summed E-state index contributed by atoms with van der Waals surface area (Å²) in [5.41, 5.74) is 1.99. The van der Waals surface area contributed by atoms with E-state index in [0.717, 1.165) is 17.7 Å². The summed E-state index contributed by atoms with van der Waals surface area (Å²) in [6, 6.07) is 5.87. The summed E-state index contributed by atoms with van der Waals surface area (Å²) in [5.74, 6) is 0.401. The molecule has 0 unspecified atom stereocenters. The number of pyridine rings is 1. The van der Waals surface area contributed by atoms with Crippen LogP contribution in [0.3, 0.4) is 0 Å². The van der Waals surface area contributed by atoms with Gasteiger partial charge in [0, 0.05) is 12.8 Å². The number of nitrogens with zero attached hydrogens (tertiary/aromatic N) is 2. The molecule has 3 heterocycles. The first-order valence-electron chi connectivity index (χ1n) is 8.01. The molecule has 5 heteroatoms. The second kappa shape index (κ2) is 7.23. The Labute approximate surface area is 141 Å². The lowest BCUT2D eigenvalue weighted by molar-refractivity contribution is -0.125. The molecule has 2 aromatic heterocycles. The average Bonchev–Trinajstić information content (AvgIpc) is 3.24. The Morgan fingerprint density at radius 2 is 2.35 bits per heavy atom. The van der Waals surface area contributed by atoms with Crippen molar-refractivity contribution in [3.05, 3.63) is 46.9 Å². The smallest absolute Gasteiger partial charge is 0.233 e. The van der Waals surface area contributed by atoms with Gasteiger partial charge in [-0.3, -0.25) is 9.78 Å². The van der Waals surface area contributed by atoms with Crippen LogP contribution in [0.5, 0.6) is 0 Å². The van der Waals surface area contributed by atoms with Crippen molar-refractivity contribution in [1.29, 1.82) is 0 Å². The molecule has 1 aliphatic rings. The summed E-state index contributed by atoms with van der Waals surface area (Å²) in [4.78, 5) is 19.2. The van der Waals surface area contributed by atoms with E-state index in [0.29, 0.717) is 19.1 Å². The van der Waals surface area contributed by atoms with E-state index in [1.807, 2.05) is 22.4 Å². The van der Waals surface area contributed by atoms with Crippen LogP contribution < -0.4 is 4.90 Å². The van der Waals surface area contributed by atoms with Crippen LogP contribution in [0.25, 0.3) is 0 Å². The molecule has 0 aromatic carbocycles. The minimum absolute atomic E-state index is 0.00384. The molecule has 2 atom stereocenters. The van der Waals surface area contributed by atoms with E-state index < -0.39 is 0 Å². The van der Waals surface area contributed by atoms with Crippen molar-refractivity contribution in [3.63, 3.8) is 0 Å². The van der Waals surface area contributed by atoms with Crippen molar-refractivity contribution in [2.45, 2.75) is 32.9 Å². The highest BCUT2D eigenvalue weighted by Crippen LogP contribution is 2.31. The van der Waals surface area contributed by atoms with Gasteiger partial charge >= 0.3 is 0 Å². The third kappa shape index (κ3) is 3.62. The Hall–Kier alpha value is -1.72. The van der Waals surface area contributed by atoms with Gasteiger partial charge in [-0.1, -0.05) is 13.8 Å². The first kappa shape index (κ1) is 16.1. The summed E-state index contributed by atoms with van der Waals surface area (Å²) >= 11 is 1.65. The van der Waals surface area contributed by atoms with Crippen LogP contribution in [0, 0.1) is 11.8 Å². The number of amides is 1. The summed E-state index contributed by atoms with van der Waals surface area (Å²) in [6.07, 6.45) is 4.28. The van der Waals surface area contributed by atoms with E-state index in [1.54, 1.807) is 23.7 Å². The number of ether oxygens (including phenoxy) is 1. The largest absolute Gasteiger partial charge is 0.377 e. The maximum absolute atomic E-state index is 13.2. The summed E-state index contributed by atoms with van der Waals surface area (Å²) < 4.78 is 5.81. The summed E-state index contributed by atoms with van der Waals surface area (Å²) in [6.45, 7) is 5.47. The molecule has 2 aromatic rings. The van der Waals surface area contributed by atoms with E-state index in [9.17, 15) is 4.79 Å². The van der Waals surface area contributed by atoms with Gasteiger partial charge in [0.2, 0.25) is 5.91 Å². The number of carbonyl (C=O) groups excluding carboxylic acids is 1. The summed E-state index contributed by atoms with van der Waals surface area (Å²) in [5, 5.41) is 4.12. The summed E-state index contributed by atoms with van der Waals surface area (Å²) in [7, 11) is 0. The molecule has 1 amide bonds. The van der Waals surface area contributed by atoms with E-state index >= 15 is 0 Å². The number of hydrogen-bond donors (Lipinski definition) is 0. The topological polar surface area (TPSA) is 42.4 Å². The first-order chi connectivity index (χ1) is 11.2. The van der Waals surface area contributed by atoms with Crippen LogP contribution in [0.15, 0.2) is 41.4 Å². The Balaban J connectivity index is 1.87. The molecule has 1 aliphatic heterocycles. The lowest BCUT2D eigenvalue weighted by Crippen LogP contribution is -2.40. The minimum atomic E-state index is -0.0751. The highest BCUT2D eigenvalue weighted by molar-refractivity contribution is 7.07. The maximum atomic E-state index is 13.2. The highest BCUT2D eigenvalue weighted by atomic mass is 32.1. The predicted octanol–water partition coefficient (Wildman–Crippen LogP) is 3.74.